The highest BCUT2D eigenvalue weighted by atomic mass is 16.3. The minimum Gasteiger partial charge on any atom is -0.394 e. The van der Waals surface area contributed by atoms with Crippen LogP contribution in [0.15, 0.2) is 66.4 Å². The van der Waals surface area contributed by atoms with Crippen LogP contribution in [0.1, 0.15) is 67.2 Å². The zero-order valence-electron chi connectivity index (χ0n) is 23.3. The Balaban J connectivity index is 1.31. The molecule has 0 spiro atoms. The van der Waals surface area contributed by atoms with Gasteiger partial charge < -0.3 is 20.4 Å². The van der Waals surface area contributed by atoms with E-state index in [1.807, 2.05) is 54.6 Å². The lowest BCUT2D eigenvalue weighted by atomic mass is 9.75. The Morgan fingerprint density at radius 3 is 2.63 bits per heavy atom. The van der Waals surface area contributed by atoms with Crippen molar-refractivity contribution in [1.29, 1.82) is 0 Å². The van der Waals surface area contributed by atoms with Gasteiger partial charge in [0.25, 0.3) is 0 Å². The van der Waals surface area contributed by atoms with Crippen LogP contribution in [0.3, 0.4) is 0 Å². The highest BCUT2D eigenvalue weighted by Gasteiger charge is 2.34. The van der Waals surface area contributed by atoms with Gasteiger partial charge in [-0.25, -0.2) is 4.79 Å². The lowest BCUT2D eigenvalue weighted by Gasteiger charge is -2.31. The van der Waals surface area contributed by atoms with Gasteiger partial charge in [0, 0.05) is 48.5 Å². The van der Waals surface area contributed by atoms with Crippen molar-refractivity contribution in [2.24, 2.45) is 5.92 Å². The molecular formula is C34H37N3O4. The third-order valence-corrected chi connectivity index (χ3v) is 8.17. The second kappa shape index (κ2) is 13.5. The average molecular weight is 552 g/mol. The predicted octanol–water partition coefficient (Wildman–Crippen LogP) is 4.25. The molecule has 2 aromatic rings. The molecule has 3 N–H and O–H groups in total. The number of benzene rings is 1. The lowest BCUT2D eigenvalue weighted by Crippen LogP contribution is -2.41. The van der Waals surface area contributed by atoms with E-state index in [2.05, 4.69) is 29.3 Å². The van der Waals surface area contributed by atoms with Gasteiger partial charge in [-0.3, -0.25) is 9.69 Å². The SMILES string of the molecule is O=C(NC(CO)c1ccccc1)C1CCCCC1c1c#cc(CN(C(=O)N2CCC(O)C2)C2=CC#CCC=C2)cc1. The van der Waals surface area contributed by atoms with Crippen LogP contribution in [0, 0.1) is 29.9 Å². The first-order valence-electron chi connectivity index (χ1n) is 14.5. The first-order chi connectivity index (χ1) is 20.0. The van der Waals surface area contributed by atoms with E-state index in [0.29, 0.717) is 38.2 Å². The molecule has 7 heteroatoms. The van der Waals surface area contributed by atoms with Gasteiger partial charge >= 0.3 is 6.03 Å². The Morgan fingerprint density at radius 2 is 1.90 bits per heavy atom. The number of amides is 3. The maximum Gasteiger partial charge on any atom is 0.324 e. The zero-order chi connectivity index (χ0) is 28.6. The second-order valence-electron chi connectivity index (χ2n) is 11.0. The number of urea groups is 1. The quantitative estimate of drug-likeness (QED) is 0.428. The molecule has 2 aromatic carbocycles. The zero-order valence-corrected chi connectivity index (χ0v) is 23.3. The molecular weight excluding hydrogens is 514 g/mol. The summed E-state index contributed by atoms with van der Waals surface area (Å²) in [4.78, 5) is 30.3. The van der Waals surface area contributed by atoms with Crippen LogP contribution < -0.4 is 5.32 Å². The molecule has 41 heavy (non-hydrogen) atoms. The van der Waals surface area contributed by atoms with Crippen LogP contribution in [0.5, 0.6) is 0 Å². The molecule has 4 atom stereocenters. The summed E-state index contributed by atoms with van der Waals surface area (Å²) in [6.07, 6.45) is 9.98. The summed E-state index contributed by atoms with van der Waals surface area (Å²) in [7, 11) is 0. The summed E-state index contributed by atoms with van der Waals surface area (Å²) in [6, 6.07) is 19.5. The highest BCUT2D eigenvalue weighted by Crippen LogP contribution is 2.38. The van der Waals surface area contributed by atoms with Crippen LogP contribution >= 0.6 is 0 Å². The van der Waals surface area contributed by atoms with Crippen molar-refractivity contribution in [3.63, 3.8) is 0 Å². The summed E-state index contributed by atoms with van der Waals surface area (Å²) >= 11 is 0. The Kier molecular flexibility index (Phi) is 9.41. The Bertz CT molecular complexity index is 1330. The average Bonchev–Trinajstić information content (AvgIpc) is 3.27. The van der Waals surface area contributed by atoms with E-state index in [9.17, 15) is 19.8 Å². The van der Waals surface area contributed by atoms with Crippen molar-refractivity contribution in [2.75, 3.05) is 19.7 Å². The number of nitrogens with one attached hydrogen (secondary N) is 1. The number of carbonyl (C=O) groups is 2. The molecule has 5 rings (SSSR count). The van der Waals surface area contributed by atoms with Gasteiger partial charge in [0.2, 0.25) is 5.91 Å². The van der Waals surface area contributed by atoms with Gasteiger partial charge in [0.15, 0.2) is 0 Å². The van der Waals surface area contributed by atoms with E-state index in [4.69, 9.17) is 0 Å². The van der Waals surface area contributed by atoms with Crippen LogP contribution in [0.2, 0.25) is 0 Å². The number of hydrogen-bond acceptors (Lipinski definition) is 4. The standard InChI is InChI=1S/C34H37N3O4/c38-24-32(27-10-4-3-5-11-27)35-33(40)31-15-9-8-14-30(31)26-18-16-25(17-19-26)22-37(28-12-6-1-2-7-13-28)34(41)36-21-20-29(39)23-36/h3-6,10-13,16,18,29-32,38-39H,1,8-9,14-15,20-24H2,(H,35,40). The van der Waals surface area contributed by atoms with Gasteiger partial charge in [-0.2, -0.15) is 0 Å². The molecule has 2 fully saturated rings. The number of nitrogens with zero attached hydrogens (tertiary/aromatic N) is 2. The first kappa shape index (κ1) is 28.5. The molecule has 212 valence electrons. The maximum atomic E-state index is 13.5. The van der Waals surface area contributed by atoms with E-state index >= 15 is 0 Å². The molecule has 4 unspecified atom stereocenters. The molecule has 2 aliphatic carbocycles. The predicted molar refractivity (Wildman–Crippen MR) is 156 cm³/mol. The fourth-order valence-electron chi connectivity index (χ4n) is 5.91. The summed E-state index contributed by atoms with van der Waals surface area (Å²) in [6.45, 7) is 0.967. The number of aliphatic hydroxyl groups excluding tert-OH is 2. The molecule has 0 bridgehead atoms. The minimum atomic E-state index is -0.501. The lowest BCUT2D eigenvalue weighted by molar-refractivity contribution is -0.127. The largest absolute Gasteiger partial charge is 0.394 e. The smallest absolute Gasteiger partial charge is 0.324 e. The molecule has 3 amide bonds. The van der Waals surface area contributed by atoms with Crippen LogP contribution in [-0.4, -0.2) is 57.8 Å². The number of aliphatic hydroxyl groups is 2. The fraction of sp³-hybridized carbons (Fsp3) is 0.412. The van der Waals surface area contributed by atoms with Gasteiger partial charge in [-0.15, -0.1) is 0 Å². The van der Waals surface area contributed by atoms with Crippen molar-refractivity contribution in [3.05, 3.63) is 95.2 Å². The van der Waals surface area contributed by atoms with Crippen molar-refractivity contribution in [2.45, 2.75) is 63.1 Å². The molecule has 1 heterocycles. The maximum absolute atomic E-state index is 13.5. The van der Waals surface area contributed by atoms with Crippen LogP contribution in [0.25, 0.3) is 0 Å². The summed E-state index contributed by atoms with van der Waals surface area (Å²) < 4.78 is 0. The second-order valence-corrected chi connectivity index (χ2v) is 11.0. The molecule has 1 saturated carbocycles. The topological polar surface area (TPSA) is 93.1 Å². The normalized spacial score (nSPS) is 22.4. The Labute approximate surface area is 242 Å². The summed E-state index contributed by atoms with van der Waals surface area (Å²) in [5.74, 6) is 5.78. The number of hydrogen-bond donors (Lipinski definition) is 3. The monoisotopic (exact) mass is 551 g/mol. The van der Waals surface area contributed by atoms with E-state index in [-0.39, 0.29) is 30.4 Å². The molecule has 0 radical (unpaired) electrons. The van der Waals surface area contributed by atoms with E-state index in [1.54, 1.807) is 15.9 Å². The highest BCUT2D eigenvalue weighted by molar-refractivity contribution is 5.80. The third-order valence-electron chi connectivity index (χ3n) is 8.17. The summed E-state index contributed by atoms with van der Waals surface area (Å²) in [5.41, 5.74) is 3.33. The molecule has 1 aliphatic heterocycles. The van der Waals surface area contributed by atoms with Crippen molar-refractivity contribution in [1.82, 2.24) is 15.1 Å². The number of rotatable bonds is 8. The number of β-amino-alcohol motifs (C(OH)–C–C–N with tert-alkyl or cyclic N) is 1. The molecule has 1 saturated heterocycles. The molecule has 0 aromatic heterocycles. The molecule has 3 aliphatic rings. The molecule has 7 nitrogen and oxygen atoms in total. The Hall–Kier alpha value is -4.04. The Morgan fingerprint density at radius 1 is 1.07 bits per heavy atom. The number of likely N-dealkylation sites (tertiary alicyclic amines) is 1. The van der Waals surface area contributed by atoms with Gasteiger partial charge in [-0.05, 0) is 43.0 Å². The first-order valence-corrected chi connectivity index (χ1v) is 14.5. The minimum absolute atomic E-state index is 0.00996. The summed E-state index contributed by atoms with van der Waals surface area (Å²) in [5, 5.41) is 23.0. The number of allylic oxidation sites excluding steroid dienone is 3. The van der Waals surface area contributed by atoms with E-state index in [0.717, 1.165) is 42.4 Å². The van der Waals surface area contributed by atoms with Gasteiger partial charge in [-0.1, -0.05) is 73.2 Å². The van der Waals surface area contributed by atoms with Crippen LogP contribution in [-0.2, 0) is 11.3 Å². The van der Waals surface area contributed by atoms with E-state index < -0.39 is 12.1 Å². The van der Waals surface area contributed by atoms with Crippen molar-refractivity contribution < 1.29 is 19.8 Å². The van der Waals surface area contributed by atoms with Crippen molar-refractivity contribution >= 4 is 11.9 Å². The van der Waals surface area contributed by atoms with Crippen molar-refractivity contribution in [3.8, 4) is 11.8 Å². The third kappa shape index (κ3) is 7.00. The van der Waals surface area contributed by atoms with Gasteiger partial charge in [0.05, 0.1) is 31.0 Å². The fourth-order valence-corrected chi connectivity index (χ4v) is 5.91. The van der Waals surface area contributed by atoms with E-state index in [1.165, 1.54) is 0 Å². The number of carbonyl (C=O) groups excluding carboxylic acids is 2. The van der Waals surface area contributed by atoms with Crippen LogP contribution in [0.4, 0.5) is 4.79 Å². The van der Waals surface area contributed by atoms with Gasteiger partial charge in [0.1, 0.15) is 0 Å².